The maximum atomic E-state index is 12.3. The number of rotatable bonds is 6. The Morgan fingerprint density at radius 3 is 2.33 bits per heavy atom. The van der Waals surface area contributed by atoms with Gasteiger partial charge in [-0.25, -0.2) is 8.42 Å². The van der Waals surface area contributed by atoms with Gasteiger partial charge in [-0.05, 0) is 30.2 Å². The minimum Gasteiger partial charge on any atom is -0.392 e. The normalized spacial score (nSPS) is 11.3. The second-order valence-electron chi connectivity index (χ2n) is 4.50. The summed E-state index contributed by atoms with van der Waals surface area (Å²) < 4.78 is 27.1. The molecule has 0 bridgehead atoms. The summed E-state index contributed by atoms with van der Waals surface area (Å²) in [5, 5.41) is 9.23. The van der Waals surface area contributed by atoms with Gasteiger partial charge in [0.1, 0.15) is 0 Å². The van der Waals surface area contributed by atoms with Crippen molar-refractivity contribution in [1.82, 2.24) is 0 Å². The van der Waals surface area contributed by atoms with Crippen molar-refractivity contribution in [3.05, 3.63) is 59.7 Å². The van der Waals surface area contributed by atoms with Crippen molar-refractivity contribution >= 4 is 27.3 Å². The van der Waals surface area contributed by atoms with Crippen LogP contribution in [-0.4, -0.2) is 19.4 Å². The Hall–Kier alpha value is -1.56. The van der Waals surface area contributed by atoms with Gasteiger partial charge in [0.25, 0.3) is 10.0 Å². The second-order valence-corrected chi connectivity index (χ2v) is 6.56. The highest BCUT2D eigenvalue weighted by molar-refractivity contribution is 7.92. The number of aryl methyl sites for hydroxylation is 1. The van der Waals surface area contributed by atoms with Gasteiger partial charge in [-0.1, -0.05) is 30.3 Å². The molecule has 0 unspecified atom stereocenters. The first-order valence-corrected chi connectivity index (χ1v) is 8.45. The summed E-state index contributed by atoms with van der Waals surface area (Å²) in [6.07, 6.45) is 0.697. The molecule has 2 aromatic rings. The van der Waals surface area contributed by atoms with Gasteiger partial charge in [0, 0.05) is 11.4 Å². The van der Waals surface area contributed by atoms with Crippen LogP contribution in [0.25, 0.3) is 0 Å². The summed E-state index contributed by atoms with van der Waals surface area (Å²) in [5.41, 5.74) is 1.89. The molecule has 0 spiro atoms. The molecule has 0 atom stereocenters. The minimum absolute atomic E-state index is 0.175. The van der Waals surface area contributed by atoms with Crippen LogP contribution in [0.3, 0.4) is 0 Å². The van der Waals surface area contributed by atoms with Crippen LogP contribution in [-0.2, 0) is 23.1 Å². The average molecular weight is 326 g/mol. The number of anilines is 1. The van der Waals surface area contributed by atoms with Crippen LogP contribution >= 0.6 is 11.6 Å². The fourth-order valence-corrected chi connectivity index (χ4v) is 3.22. The zero-order valence-corrected chi connectivity index (χ0v) is 12.9. The smallest absolute Gasteiger partial charge is 0.261 e. The zero-order valence-electron chi connectivity index (χ0n) is 11.3. The zero-order chi connectivity index (χ0) is 15.3. The molecule has 21 heavy (non-hydrogen) atoms. The average Bonchev–Trinajstić information content (AvgIpc) is 2.48. The van der Waals surface area contributed by atoms with Crippen molar-refractivity contribution < 1.29 is 13.5 Å². The van der Waals surface area contributed by atoms with Gasteiger partial charge in [-0.15, -0.1) is 11.6 Å². The molecule has 4 nitrogen and oxygen atoms in total. The SMILES string of the molecule is O=S(=O)(Nc1ccccc1CO)c1ccc(CCCl)cc1. The largest absolute Gasteiger partial charge is 0.392 e. The molecular formula is C15H16ClNO3S. The summed E-state index contributed by atoms with van der Waals surface area (Å²) in [7, 11) is -3.67. The number of halogens is 1. The van der Waals surface area contributed by atoms with Gasteiger partial charge in [-0.3, -0.25) is 4.72 Å². The lowest BCUT2D eigenvalue weighted by atomic mass is 10.2. The topological polar surface area (TPSA) is 66.4 Å². The Bertz CT molecular complexity index is 699. The van der Waals surface area contributed by atoms with Crippen LogP contribution in [0.4, 0.5) is 5.69 Å². The van der Waals surface area contributed by atoms with Gasteiger partial charge in [-0.2, -0.15) is 0 Å². The molecule has 0 aliphatic rings. The fraction of sp³-hybridized carbons (Fsp3) is 0.200. The highest BCUT2D eigenvalue weighted by atomic mass is 35.5. The predicted molar refractivity (Wildman–Crippen MR) is 84.0 cm³/mol. The standard InChI is InChI=1S/C15H16ClNO3S/c16-10-9-12-5-7-14(8-6-12)21(19,20)17-15-4-2-1-3-13(15)11-18/h1-8,17-18H,9-11H2. The number of hydrogen-bond donors (Lipinski definition) is 2. The van der Waals surface area contributed by atoms with Crippen LogP contribution in [0.2, 0.25) is 0 Å². The number of alkyl halides is 1. The minimum atomic E-state index is -3.67. The Kier molecular flexibility index (Phi) is 5.22. The molecule has 0 saturated heterocycles. The number of aliphatic hydroxyl groups excluding tert-OH is 1. The third kappa shape index (κ3) is 3.97. The molecule has 112 valence electrons. The van der Waals surface area contributed by atoms with Crippen LogP contribution in [0, 0.1) is 0 Å². The highest BCUT2D eigenvalue weighted by Crippen LogP contribution is 2.20. The van der Waals surface area contributed by atoms with Crippen molar-refractivity contribution in [2.24, 2.45) is 0 Å². The molecule has 0 saturated carbocycles. The van der Waals surface area contributed by atoms with Gasteiger partial charge < -0.3 is 5.11 Å². The van der Waals surface area contributed by atoms with Crippen molar-refractivity contribution in [3.8, 4) is 0 Å². The number of aliphatic hydroxyl groups is 1. The Balaban J connectivity index is 2.25. The van der Waals surface area contributed by atoms with E-state index in [0.717, 1.165) is 5.56 Å². The summed E-state index contributed by atoms with van der Waals surface area (Å²) in [6.45, 7) is -0.229. The van der Waals surface area contributed by atoms with Crippen molar-refractivity contribution in [2.45, 2.75) is 17.9 Å². The molecule has 6 heteroatoms. The number of sulfonamides is 1. The molecule has 0 heterocycles. The lowest BCUT2D eigenvalue weighted by molar-refractivity contribution is 0.282. The first-order valence-electron chi connectivity index (χ1n) is 6.43. The summed E-state index contributed by atoms with van der Waals surface area (Å²) >= 11 is 5.65. The molecule has 2 aromatic carbocycles. The molecule has 0 aliphatic carbocycles. The van der Waals surface area contributed by atoms with E-state index < -0.39 is 10.0 Å². The third-order valence-electron chi connectivity index (χ3n) is 3.05. The van der Waals surface area contributed by atoms with Crippen LogP contribution in [0.5, 0.6) is 0 Å². The van der Waals surface area contributed by atoms with E-state index in [1.165, 1.54) is 0 Å². The molecule has 2 rings (SSSR count). The van der Waals surface area contributed by atoms with Crippen LogP contribution < -0.4 is 4.72 Å². The first kappa shape index (κ1) is 15.8. The molecule has 0 aliphatic heterocycles. The Labute approximate surface area is 129 Å². The fourth-order valence-electron chi connectivity index (χ4n) is 1.91. The molecular weight excluding hydrogens is 310 g/mol. The predicted octanol–water partition coefficient (Wildman–Crippen LogP) is 2.76. The summed E-state index contributed by atoms with van der Waals surface area (Å²) in [6, 6.07) is 13.3. The molecule has 0 amide bonds. The van der Waals surface area contributed by atoms with Gasteiger partial charge in [0.05, 0.1) is 17.2 Å². The van der Waals surface area contributed by atoms with E-state index in [4.69, 9.17) is 11.6 Å². The number of nitrogens with one attached hydrogen (secondary N) is 1. The van der Waals surface area contributed by atoms with E-state index in [0.29, 0.717) is 23.6 Å². The molecule has 0 fully saturated rings. The van der Waals surface area contributed by atoms with Crippen molar-refractivity contribution in [3.63, 3.8) is 0 Å². The van der Waals surface area contributed by atoms with E-state index in [2.05, 4.69) is 4.72 Å². The van der Waals surface area contributed by atoms with Crippen molar-refractivity contribution in [2.75, 3.05) is 10.6 Å². The summed E-state index contributed by atoms with van der Waals surface area (Å²) in [4.78, 5) is 0.175. The molecule has 0 aromatic heterocycles. The lowest BCUT2D eigenvalue weighted by Crippen LogP contribution is -2.14. The monoisotopic (exact) mass is 325 g/mol. The number of benzene rings is 2. The number of hydrogen-bond acceptors (Lipinski definition) is 3. The highest BCUT2D eigenvalue weighted by Gasteiger charge is 2.15. The van der Waals surface area contributed by atoms with Crippen LogP contribution in [0.15, 0.2) is 53.4 Å². The van der Waals surface area contributed by atoms with E-state index in [-0.39, 0.29) is 11.5 Å². The van der Waals surface area contributed by atoms with Gasteiger partial charge >= 0.3 is 0 Å². The summed E-state index contributed by atoms with van der Waals surface area (Å²) in [5.74, 6) is 0.494. The van der Waals surface area contributed by atoms with E-state index in [1.54, 1.807) is 48.5 Å². The van der Waals surface area contributed by atoms with Crippen LogP contribution in [0.1, 0.15) is 11.1 Å². The second kappa shape index (κ2) is 6.93. The Morgan fingerprint density at radius 1 is 1.05 bits per heavy atom. The van der Waals surface area contributed by atoms with Gasteiger partial charge in [0.15, 0.2) is 0 Å². The maximum Gasteiger partial charge on any atom is 0.261 e. The molecule has 0 radical (unpaired) electrons. The van der Waals surface area contributed by atoms with E-state index in [9.17, 15) is 13.5 Å². The maximum absolute atomic E-state index is 12.3. The first-order chi connectivity index (χ1) is 10.1. The van der Waals surface area contributed by atoms with E-state index >= 15 is 0 Å². The molecule has 2 N–H and O–H groups in total. The third-order valence-corrected chi connectivity index (χ3v) is 4.62. The van der Waals surface area contributed by atoms with Gasteiger partial charge in [0.2, 0.25) is 0 Å². The van der Waals surface area contributed by atoms with Crippen molar-refractivity contribution in [1.29, 1.82) is 0 Å². The Morgan fingerprint density at radius 2 is 1.71 bits per heavy atom. The lowest BCUT2D eigenvalue weighted by Gasteiger charge is -2.11. The quantitative estimate of drug-likeness (QED) is 0.803. The number of para-hydroxylation sites is 1. The van der Waals surface area contributed by atoms with E-state index in [1.807, 2.05) is 0 Å².